The van der Waals surface area contributed by atoms with Gasteiger partial charge in [0.25, 0.3) is 0 Å². The number of amides is 2. The van der Waals surface area contributed by atoms with Gasteiger partial charge < -0.3 is 15.0 Å². The van der Waals surface area contributed by atoms with E-state index in [1.807, 2.05) is 45.0 Å². The van der Waals surface area contributed by atoms with Crippen molar-refractivity contribution in [3.8, 4) is 0 Å². The first kappa shape index (κ1) is 16.2. The molecule has 110 valence electrons. The van der Waals surface area contributed by atoms with Gasteiger partial charge in [0.2, 0.25) is 11.8 Å². The summed E-state index contributed by atoms with van der Waals surface area (Å²) in [5.74, 6) is -0.360. The van der Waals surface area contributed by atoms with E-state index in [1.54, 1.807) is 4.90 Å². The average Bonchev–Trinajstić information content (AvgIpc) is 2.40. The van der Waals surface area contributed by atoms with Gasteiger partial charge in [0.05, 0.1) is 0 Å². The fourth-order valence-electron chi connectivity index (χ4n) is 1.82. The van der Waals surface area contributed by atoms with E-state index in [4.69, 9.17) is 4.74 Å². The maximum atomic E-state index is 11.7. The molecule has 0 unspecified atom stereocenters. The molecule has 1 aromatic rings. The van der Waals surface area contributed by atoms with Crippen LogP contribution >= 0.6 is 0 Å². The molecule has 1 rings (SSSR count). The third-order valence-electron chi connectivity index (χ3n) is 2.88. The minimum absolute atomic E-state index is 0.0666. The summed E-state index contributed by atoms with van der Waals surface area (Å²) in [4.78, 5) is 25.0. The lowest BCUT2D eigenvalue weighted by Crippen LogP contribution is -2.34. The minimum Gasteiger partial charge on any atom is -0.362 e. The van der Waals surface area contributed by atoms with E-state index in [-0.39, 0.29) is 25.0 Å². The van der Waals surface area contributed by atoms with Gasteiger partial charge in [-0.15, -0.1) is 0 Å². The van der Waals surface area contributed by atoms with Crippen LogP contribution in [0.2, 0.25) is 0 Å². The first-order valence-corrected chi connectivity index (χ1v) is 6.78. The first-order chi connectivity index (χ1) is 9.56. The van der Waals surface area contributed by atoms with E-state index in [2.05, 4.69) is 5.32 Å². The van der Waals surface area contributed by atoms with E-state index >= 15 is 0 Å². The maximum Gasteiger partial charge on any atom is 0.250 e. The zero-order valence-electron chi connectivity index (χ0n) is 12.3. The molecule has 0 aliphatic heterocycles. The van der Waals surface area contributed by atoms with Gasteiger partial charge in [-0.25, -0.2) is 0 Å². The predicted octanol–water partition coefficient (Wildman–Crippen LogP) is 1.82. The third-order valence-corrected chi connectivity index (χ3v) is 2.88. The summed E-state index contributed by atoms with van der Waals surface area (Å²) >= 11 is 0. The highest BCUT2D eigenvalue weighted by Crippen LogP contribution is 2.09. The zero-order chi connectivity index (χ0) is 15.0. The van der Waals surface area contributed by atoms with Gasteiger partial charge in [0, 0.05) is 18.8 Å². The molecule has 0 fully saturated rings. The van der Waals surface area contributed by atoms with Crippen LogP contribution in [0.5, 0.6) is 0 Å². The number of rotatable bonds is 7. The second-order valence-corrected chi connectivity index (χ2v) is 4.48. The maximum absolute atomic E-state index is 11.7. The lowest BCUT2D eigenvalue weighted by atomic mass is 10.2. The Kier molecular flexibility index (Phi) is 6.73. The van der Waals surface area contributed by atoms with Gasteiger partial charge >= 0.3 is 0 Å². The zero-order valence-corrected chi connectivity index (χ0v) is 12.3. The van der Waals surface area contributed by atoms with Crippen molar-refractivity contribution in [1.82, 2.24) is 4.90 Å². The Morgan fingerprint density at radius 3 is 2.50 bits per heavy atom. The molecule has 0 bridgehead atoms. The molecule has 1 N–H and O–H groups in total. The van der Waals surface area contributed by atoms with E-state index in [9.17, 15) is 9.59 Å². The van der Waals surface area contributed by atoms with E-state index in [1.165, 1.54) is 0 Å². The Morgan fingerprint density at radius 2 is 1.90 bits per heavy atom. The Balaban J connectivity index is 2.32. The SMILES string of the molecule is CCN(CC)C(=O)COCC(=O)Nc1cccc(C)c1. The summed E-state index contributed by atoms with van der Waals surface area (Å²) in [6.07, 6.45) is 0. The number of nitrogens with zero attached hydrogens (tertiary/aromatic N) is 1. The molecule has 0 atom stereocenters. The molecule has 0 saturated heterocycles. The van der Waals surface area contributed by atoms with Gasteiger partial charge in [-0.2, -0.15) is 0 Å². The van der Waals surface area contributed by atoms with Gasteiger partial charge in [0.15, 0.2) is 0 Å². The molecule has 0 aliphatic carbocycles. The smallest absolute Gasteiger partial charge is 0.250 e. The van der Waals surface area contributed by atoms with Crippen LogP contribution in [0.3, 0.4) is 0 Å². The fraction of sp³-hybridized carbons (Fsp3) is 0.467. The molecule has 0 saturated carbocycles. The molecule has 0 spiro atoms. The number of benzene rings is 1. The monoisotopic (exact) mass is 278 g/mol. The average molecular weight is 278 g/mol. The normalized spacial score (nSPS) is 10.2. The van der Waals surface area contributed by atoms with Crippen molar-refractivity contribution in [3.05, 3.63) is 29.8 Å². The van der Waals surface area contributed by atoms with Crippen LogP contribution < -0.4 is 5.32 Å². The number of carbonyl (C=O) groups excluding carboxylic acids is 2. The van der Waals surface area contributed by atoms with Gasteiger partial charge in [-0.05, 0) is 38.5 Å². The Hall–Kier alpha value is -1.88. The van der Waals surface area contributed by atoms with Crippen molar-refractivity contribution in [2.45, 2.75) is 20.8 Å². The summed E-state index contributed by atoms with van der Waals surface area (Å²) < 4.78 is 5.14. The summed E-state index contributed by atoms with van der Waals surface area (Å²) in [5, 5.41) is 2.72. The molecule has 20 heavy (non-hydrogen) atoms. The van der Waals surface area contributed by atoms with Crippen LogP contribution in [0.15, 0.2) is 24.3 Å². The number of carbonyl (C=O) groups is 2. The number of hydrogen-bond acceptors (Lipinski definition) is 3. The molecule has 0 aliphatic rings. The number of aryl methyl sites for hydroxylation is 1. The number of hydrogen-bond donors (Lipinski definition) is 1. The first-order valence-electron chi connectivity index (χ1n) is 6.78. The van der Waals surface area contributed by atoms with Crippen LogP contribution in [-0.2, 0) is 14.3 Å². The summed E-state index contributed by atoms with van der Waals surface area (Å²) in [6, 6.07) is 7.51. The van der Waals surface area contributed by atoms with Crippen LogP contribution in [-0.4, -0.2) is 43.0 Å². The highest BCUT2D eigenvalue weighted by atomic mass is 16.5. The van der Waals surface area contributed by atoms with Crippen LogP contribution in [0.25, 0.3) is 0 Å². The molecule has 0 aromatic heterocycles. The highest BCUT2D eigenvalue weighted by molar-refractivity contribution is 5.92. The minimum atomic E-state index is -0.261. The Morgan fingerprint density at radius 1 is 1.20 bits per heavy atom. The van der Waals surface area contributed by atoms with Crippen LogP contribution in [0, 0.1) is 6.92 Å². The van der Waals surface area contributed by atoms with Crippen molar-refractivity contribution >= 4 is 17.5 Å². The number of anilines is 1. The standard InChI is InChI=1S/C15H22N2O3/c1-4-17(5-2)15(19)11-20-10-14(18)16-13-8-6-7-12(3)9-13/h6-9H,4-5,10-11H2,1-3H3,(H,16,18). The van der Waals surface area contributed by atoms with Crippen molar-refractivity contribution in [1.29, 1.82) is 0 Å². The molecule has 0 radical (unpaired) electrons. The second kappa shape index (κ2) is 8.32. The van der Waals surface area contributed by atoms with Gasteiger partial charge in [-0.1, -0.05) is 12.1 Å². The van der Waals surface area contributed by atoms with Crippen molar-refractivity contribution in [2.75, 3.05) is 31.6 Å². The van der Waals surface area contributed by atoms with Crippen molar-refractivity contribution in [3.63, 3.8) is 0 Å². The largest absolute Gasteiger partial charge is 0.362 e. The predicted molar refractivity (Wildman–Crippen MR) is 78.6 cm³/mol. The second-order valence-electron chi connectivity index (χ2n) is 4.48. The summed E-state index contributed by atoms with van der Waals surface area (Å²) in [7, 11) is 0. The van der Waals surface area contributed by atoms with Crippen LogP contribution in [0.4, 0.5) is 5.69 Å². The molecule has 2 amide bonds. The third kappa shape index (κ3) is 5.40. The van der Waals surface area contributed by atoms with Crippen LogP contribution in [0.1, 0.15) is 19.4 Å². The molecular formula is C15H22N2O3. The topological polar surface area (TPSA) is 58.6 Å². The number of likely N-dealkylation sites (N-methyl/N-ethyl adjacent to an activating group) is 1. The van der Waals surface area contributed by atoms with E-state index in [0.717, 1.165) is 11.3 Å². The van der Waals surface area contributed by atoms with E-state index in [0.29, 0.717) is 13.1 Å². The summed E-state index contributed by atoms with van der Waals surface area (Å²) in [5.41, 5.74) is 1.80. The lowest BCUT2D eigenvalue weighted by molar-refractivity contribution is -0.137. The molecule has 1 aromatic carbocycles. The number of ether oxygens (including phenoxy) is 1. The number of nitrogens with one attached hydrogen (secondary N) is 1. The van der Waals surface area contributed by atoms with Crippen molar-refractivity contribution in [2.24, 2.45) is 0 Å². The molecule has 5 heteroatoms. The molecule has 0 heterocycles. The molecule has 5 nitrogen and oxygen atoms in total. The lowest BCUT2D eigenvalue weighted by Gasteiger charge is -2.18. The fourth-order valence-corrected chi connectivity index (χ4v) is 1.82. The summed E-state index contributed by atoms with van der Waals surface area (Å²) in [6.45, 7) is 6.87. The van der Waals surface area contributed by atoms with Gasteiger partial charge in [0.1, 0.15) is 13.2 Å². The van der Waals surface area contributed by atoms with Gasteiger partial charge in [-0.3, -0.25) is 9.59 Å². The van der Waals surface area contributed by atoms with E-state index < -0.39 is 0 Å². The Labute approximate surface area is 119 Å². The molecular weight excluding hydrogens is 256 g/mol. The highest BCUT2D eigenvalue weighted by Gasteiger charge is 2.10. The quantitative estimate of drug-likeness (QED) is 0.827. The van der Waals surface area contributed by atoms with Crippen molar-refractivity contribution < 1.29 is 14.3 Å². The Bertz CT molecular complexity index is 456.